The zero-order valence-electron chi connectivity index (χ0n) is 22.2. The summed E-state index contributed by atoms with van der Waals surface area (Å²) in [5.74, 6) is 0.843. The van der Waals surface area contributed by atoms with Gasteiger partial charge in [-0.3, -0.25) is 4.98 Å². The van der Waals surface area contributed by atoms with Crippen LogP contribution in [0.5, 0.6) is 0 Å². The molecule has 0 amide bonds. The predicted molar refractivity (Wildman–Crippen MR) is 150 cm³/mol. The fourth-order valence-electron chi connectivity index (χ4n) is 5.35. The van der Waals surface area contributed by atoms with Crippen LogP contribution in [-0.2, 0) is 16.3 Å². The first kappa shape index (κ1) is 27.2. The third kappa shape index (κ3) is 5.78. The molecule has 0 bridgehead atoms. The minimum absolute atomic E-state index is 0.185. The second kappa shape index (κ2) is 10.6. The molecule has 2 aliphatic rings. The predicted octanol–water partition coefficient (Wildman–Crippen LogP) is 3.19. The number of rotatable bonds is 10. The van der Waals surface area contributed by atoms with Crippen molar-refractivity contribution >= 4 is 43.2 Å². The molecule has 206 valence electrons. The number of aliphatic hydroxyl groups is 2. The Morgan fingerprint density at radius 2 is 1.95 bits per heavy atom. The van der Waals surface area contributed by atoms with Crippen LogP contribution in [0.3, 0.4) is 0 Å². The molecular weight excluding hydrogens is 524 g/mol. The maximum Gasteiger partial charge on any atom is 0.225 e. The molecule has 0 saturated heterocycles. The quantitative estimate of drug-likeness (QED) is 0.291. The lowest BCUT2D eigenvalue weighted by atomic mass is 10.1. The summed E-state index contributed by atoms with van der Waals surface area (Å²) in [4.78, 5) is 19.1. The second-order valence-corrected chi connectivity index (χ2v) is 14.0. The molecular formula is C26H36N6O4S2. The summed E-state index contributed by atoms with van der Waals surface area (Å²) in [6, 6.07) is 1.61. The number of thiazole rings is 1. The van der Waals surface area contributed by atoms with E-state index < -0.39 is 34.0 Å². The van der Waals surface area contributed by atoms with Gasteiger partial charge in [0, 0.05) is 24.4 Å². The number of nitrogens with one attached hydrogen (secondary N) is 2. The largest absolute Gasteiger partial charge is 0.390 e. The molecule has 0 unspecified atom stereocenters. The Balaban J connectivity index is 1.53. The molecule has 3 aromatic heterocycles. The molecule has 0 spiro atoms. The van der Waals surface area contributed by atoms with Crippen molar-refractivity contribution in [1.29, 1.82) is 0 Å². The minimum atomic E-state index is -3.31. The van der Waals surface area contributed by atoms with Gasteiger partial charge < -0.3 is 20.8 Å². The number of fused-ring (bicyclic) bond motifs is 1. The molecule has 38 heavy (non-hydrogen) atoms. The summed E-state index contributed by atoms with van der Waals surface area (Å²) in [5.41, 5.74) is 3.29. The average Bonchev–Trinajstić information content (AvgIpc) is 3.55. The highest BCUT2D eigenvalue weighted by atomic mass is 32.2. The highest BCUT2D eigenvalue weighted by Gasteiger charge is 2.43. The molecule has 5 rings (SSSR count). The number of nitrogens with zero attached hydrogens (tertiary/aromatic N) is 4. The van der Waals surface area contributed by atoms with Crippen LogP contribution in [0.2, 0.25) is 0 Å². The van der Waals surface area contributed by atoms with E-state index in [9.17, 15) is 18.6 Å². The molecule has 5 atom stereocenters. The summed E-state index contributed by atoms with van der Waals surface area (Å²) in [6.07, 6.45) is 5.13. The maximum absolute atomic E-state index is 11.9. The van der Waals surface area contributed by atoms with Crippen molar-refractivity contribution in [3.63, 3.8) is 0 Å². The molecule has 2 saturated carbocycles. The zero-order chi connectivity index (χ0) is 27.2. The van der Waals surface area contributed by atoms with Gasteiger partial charge in [-0.1, -0.05) is 13.3 Å². The van der Waals surface area contributed by atoms with Crippen molar-refractivity contribution in [3.05, 3.63) is 23.7 Å². The Morgan fingerprint density at radius 1 is 1.18 bits per heavy atom. The summed E-state index contributed by atoms with van der Waals surface area (Å²) >= 11 is 1.54. The molecule has 0 radical (unpaired) electrons. The number of pyridine rings is 1. The van der Waals surface area contributed by atoms with Gasteiger partial charge in [-0.25, -0.2) is 18.4 Å². The molecule has 2 fully saturated rings. The van der Waals surface area contributed by atoms with Gasteiger partial charge in [0.05, 0.1) is 39.5 Å². The van der Waals surface area contributed by atoms with Crippen molar-refractivity contribution in [3.8, 4) is 10.6 Å². The van der Waals surface area contributed by atoms with Crippen LogP contribution in [0.4, 0.5) is 11.8 Å². The fourth-order valence-corrected chi connectivity index (χ4v) is 7.54. The van der Waals surface area contributed by atoms with Crippen molar-refractivity contribution in [2.75, 3.05) is 22.6 Å². The number of hydrogen-bond acceptors (Lipinski definition) is 11. The lowest BCUT2D eigenvalue weighted by Crippen LogP contribution is -2.36. The third-order valence-corrected chi connectivity index (χ3v) is 9.57. The van der Waals surface area contributed by atoms with E-state index in [4.69, 9.17) is 15.0 Å². The number of aryl methyl sites for hydroxylation is 2. The molecule has 0 aromatic carbocycles. The first-order valence-electron chi connectivity index (χ1n) is 13.2. The molecule has 3 heterocycles. The third-order valence-electron chi connectivity index (χ3n) is 7.50. The Labute approximate surface area is 227 Å². The van der Waals surface area contributed by atoms with Crippen molar-refractivity contribution in [2.45, 2.75) is 77.2 Å². The Hall–Kier alpha value is -2.41. The summed E-state index contributed by atoms with van der Waals surface area (Å²) in [5, 5.41) is 29.0. The summed E-state index contributed by atoms with van der Waals surface area (Å²) in [7, 11) is -3.31. The van der Waals surface area contributed by atoms with Crippen molar-refractivity contribution < 1.29 is 18.6 Å². The SMILES string of the molecule is CCCc1nccc2sc(-c3c(C)nc(N[C@H](C)C4CC4)nc3N[C@@H]3C[C@H](CS(C)(=O)=O)[C@@H](O)[C@H]3O)nc12. The van der Waals surface area contributed by atoms with E-state index in [1.54, 1.807) is 0 Å². The number of aliphatic hydroxyl groups excluding tert-OH is 2. The Kier molecular flexibility index (Phi) is 7.60. The standard InChI is InChI=1S/C26H36N6O4S2/c1-5-6-17-21-19(9-10-27-17)37-25(31-21)20-14(3)29-26(28-13(2)15-7-8-15)32-24(20)30-18-11-16(12-38(4,35)36)22(33)23(18)34/h9-10,13,15-16,18,22-23,33-34H,5-8,11-12H2,1-4H3,(H2,28,29,30,32)/t13-,16-,18-,22-,23+/m1/s1. The molecule has 12 heteroatoms. The van der Waals surface area contributed by atoms with Gasteiger partial charge in [0.2, 0.25) is 5.95 Å². The second-order valence-electron chi connectivity index (χ2n) is 10.8. The molecule has 0 aliphatic heterocycles. The summed E-state index contributed by atoms with van der Waals surface area (Å²) in [6.45, 7) is 6.15. The van der Waals surface area contributed by atoms with Gasteiger partial charge in [-0.15, -0.1) is 11.3 Å². The molecule has 10 nitrogen and oxygen atoms in total. The van der Waals surface area contributed by atoms with Crippen LogP contribution in [0.25, 0.3) is 20.8 Å². The van der Waals surface area contributed by atoms with Crippen LogP contribution in [-0.4, -0.2) is 74.9 Å². The normalized spacial score (nSPS) is 24.6. The van der Waals surface area contributed by atoms with Crippen LogP contribution < -0.4 is 10.6 Å². The minimum Gasteiger partial charge on any atom is -0.390 e. The maximum atomic E-state index is 11.9. The van der Waals surface area contributed by atoms with E-state index in [-0.39, 0.29) is 11.8 Å². The van der Waals surface area contributed by atoms with E-state index in [2.05, 4.69) is 29.5 Å². The summed E-state index contributed by atoms with van der Waals surface area (Å²) < 4.78 is 24.8. The van der Waals surface area contributed by atoms with E-state index >= 15 is 0 Å². The Bertz CT molecular complexity index is 1420. The molecule has 2 aliphatic carbocycles. The molecule has 4 N–H and O–H groups in total. The van der Waals surface area contributed by atoms with Crippen LogP contribution >= 0.6 is 11.3 Å². The Morgan fingerprint density at radius 3 is 2.63 bits per heavy atom. The van der Waals surface area contributed by atoms with E-state index in [1.807, 2.05) is 19.2 Å². The van der Waals surface area contributed by atoms with Gasteiger partial charge in [0.25, 0.3) is 0 Å². The lowest BCUT2D eigenvalue weighted by Gasteiger charge is -2.22. The van der Waals surface area contributed by atoms with E-state index in [1.165, 1.54) is 24.2 Å². The number of sulfone groups is 1. The monoisotopic (exact) mass is 560 g/mol. The topological polar surface area (TPSA) is 150 Å². The first-order valence-corrected chi connectivity index (χ1v) is 16.1. The van der Waals surface area contributed by atoms with Gasteiger partial charge >= 0.3 is 0 Å². The zero-order valence-corrected chi connectivity index (χ0v) is 23.8. The van der Waals surface area contributed by atoms with Crippen molar-refractivity contribution in [2.24, 2.45) is 11.8 Å². The van der Waals surface area contributed by atoms with Crippen LogP contribution in [0, 0.1) is 18.8 Å². The van der Waals surface area contributed by atoms with Crippen molar-refractivity contribution in [1.82, 2.24) is 19.9 Å². The lowest BCUT2D eigenvalue weighted by molar-refractivity contribution is 0.0216. The highest BCUT2D eigenvalue weighted by molar-refractivity contribution is 7.90. The first-order chi connectivity index (χ1) is 18.0. The van der Waals surface area contributed by atoms with Gasteiger partial charge in [0.15, 0.2) is 0 Å². The van der Waals surface area contributed by atoms with Crippen LogP contribution in [0.15, 0.2) is 12.3 Å². The van der Waals surface area contributed by atoms with Gasteiger partial charge in [-0.2, -0.15) is 4.98 Å². The number of anilines is 2. The van der Waals surface area contributed by atoms with Gasteiger partial charge in [-0.05, 0) is 51.5 Å². The number of hydrogen-bond donors (Lipinski definition) is 4. The molecule has 3 aromatic rings. The fraction of sp³-hybridized carbons (Fsp3) is 0.615. The van der Waals surface area contributed by atoms with Crippen LogP contribution in [0.1, 0.15) is 50.9 Å². The van der Waals surface area contributed by atoms with E-state index in [0.717, 1.165) is 51.3 Å². The highest BCUT2D eigenvalue weighted by Crippen LogP contribution is 2.39. The smallest absolute Gasteiger partial charge is 0.225 e. The number of aromatic nitrogens is 4. The van der Waals surface area contributed by atoms with E-state index in [0.29, 0.717) is 24.1 Å². The average molecular weight is 561 g/mol. The van der Waals surface area contributed by atoms with Gasteiger partial charge in [0.1, 0.15) is 32.3 Å².